The lowest BCUT2D eigenvalue weighted by Crippen LogP contribution is -3.09. The smallest absolute Gasteiger partial charge is 0.262 e. The molecule has 7 atom stereocenters. The summed E-state index contributed by atoms with van der Waals surface area (Å²) in [5.74, 6) is -2.79. The van der Waals surface area contributed by atoms with E-state index in [0.29, 0.717) is 34.6 Å². The SMILES string of the molecule is N=C1N=C([O-])C2=NC[NH+](c3ccccc3C3CCOC4(CCCC4)C4OC(Oc5c3cc3c(c5OCCO)C(=O)c5ccccc5C3=O)C(O)C(O)C4O)C2=N1. The minimum absolute atomic E-state index is 0.0319. The molecular weight excluding hydrogens is 726 g/mol. The third kappa shape index (κ3) is 5.71. The molecule has 3 aromatic rings. The number of ether oxygens (including phenoxy) is 4. The second-order valence-corrected chi connectivity index (χ2v) is 14.7. The number of nitrogens with zero attached hydrogens (tertiary/aromatic N) is 3. The highest BCUT2D eigenvalue weighted by atomic mass is 16.7. The number of guanidine groups is 1. The third-order valence-electron chi connectivity index (χ3n) is 11.6. The van der Waals surface area contributed by atoms with E-state index in [-0.39, 0.29) is 71.6 Å². The van der Waals surface area contributed by atoms with Crippen LogP contribution in [-0.2, 0) is 9.47 Å². The second kappa shape index (κ2) is 14.1. The van der Waals surface area contributed by atoms with E-state index in [9.17, 15) is 35.1 Å². The summed E-state index contributed by atoms with van der Waals surface area (Å²) in [6, 6.07) is 15.4. The Kier molecular flexibility index (Phi) is 9.16. The number of hydrogen-bond acceptors (Lipinski definition) is 13. The number of ketones is 2. The van der Waals surface area contributed by atoms with Gasteiger partial charge in [0.15, 0.2) is 35.4 Å². The molecule has 1 saturated heterocycles. The lowest BCUT2D eigenvalue weighted by molar-refractivity contribution is -0.723. The number of aliphatic hydroxyl groups excluding tert-OH is 4. The van der Waals surface area contributed by atoms with E-state index in [1.54, 1.807) is 30.3 Å². The summed E-state index contributed by atoms with van der Waals surface area (Å²) in [5, 5.41) is 64.9. The number of quaternary nitrogens is 1. The maximum Gasteiger partial charge on any atom is 0.262 e. The van der Waals surface area contributed by atoms with Gasteiger partial charge in [-0.25, -0.2) is 14.9 Å². The molecule has 7 unspecified atom stereocenters. The molecule has 2 aliphatic carbocycles. The van der Waals surface area contributed by atoms with Gasteiger partial charge >= 0.3 is 0 Å². The molecule has 1 saturated carbocycles. The Labute approximate surface area is 319 Å². The van der Waals surface area contributed by atoms with Crippen LogP contribution in [0.2, 0.25) is 0 Å². The van der Waals surface area contributed by atoms with Gasteiger partial charge in [-0.2, -0.15) is 4.99 Å². The van der Waals surface area contributed by atoms with E-state index >= 15 is 0 Å². The van der Waals surface area contributed by atoms with Gasteiger partial charge in [0.1, 0.15) is 36.7 Å². The highest BCUT2D eigenvalue weighted by Crippen LogP contribution is 2.50. The first kappa shape index (κ1) is 36.4. The topological polar surface area (TPSA) is 240 Å². The Bertz CT molecular complexity index is 2250. The van der Waals surface area contributed by atoms with E-state index in [1.165, 1.54) is 0 Å². The van der Waals surface area contributed by atoms with Gasteiger partial charge in [0.25, 0.3) is 5.84 Å². The number of carbonyl (C=O) groups is 2. The van der Waals surface area contributed by atoms with Crippen molar-refractivity contribution in [2.75, 3.05) is 26.5 Å². The minimum Gasteiger partial charge on any atom is -0.857 e. The number of nitrogens with one attached hydrogen (secondary N) is 2. The van der Waals surface area contributed by atoms with E-state index in [1.807, 2.05) is 24.3 Å². The maximum atomic E-state index is 14.4. The van der Waals surface area contributed by atoms with Gasteiger partial charge in [0.2, 0.25) is 12.2 Å². The quantitative estimate of drug-likeness (QED) is 0.157. The number of aliphatic hydroxyl groups is 4. The van der Waals surface area contributed by atoms with Crippen LogP contribution in [0.5, 0.6) is 11.5 Å². The number of amidine groups is 1. The van der Waals surface area contributed by atoms with Crippen LogP contribution in [-0.4, -0.2) is 118 Å². The first-order valence-corrected chi connectivity index (χ1v) is 18.7. The monoisotopic (exact) mass is 765 g/mol. The fraction of sp³-hybridized carbons (Fsp3) is 0.400. The average Bonchev–Trinajstić information content (AvgIpc) is 3.86. The molecule has 2 bridgehead atoms. The van der Waals surface area contributed by atoms with Crippen molar-refractivity contribution in [3.63, 3.8) is 0 Å². The van der Waals surface area contributed by atoms with Crippen LogP contribution in [0.15, 0.2) is 69.6 Å². The zero-order chi connectivity index (χ0) is 38.9. The molecular formula is C40H39N5O11. The van der Waals surface area contributed by atoms with Crippen LogP contribution < -0.4 is 19.5 Å². The van der Waals surface area contributed by atoms with E-state index in [2.05, 4.69) is 15.0 Å². The number of carbonyl (C=O) groups excluding carboxylic acids is 2. The molecule has 2 fully saturated rings. The van der Waals surface area contributed by atoms with Crippen LogP contribution >= 0.6 is 0 Å². The lowest BCUT2D eigenvalue weighted by Gasteiger charge is -2.47. The number of aliphatic imine (C=N–C) groups is 3. The predicted octanol–water partition coefficient (Wildman–Crippen LogP) is -0.0813. The van der Waals surface area contributed by atoms with Crippen molar-refractivity contribution < 1.29 is 59.0 Å². The van der Waals surface area contributed by atoms with Gasteiger partial charge in [0, 0.05) is 46.2 Å². The molecule has 0 amide bonds. The summed E-state index contributed by atoms with van der Waals surface area (Å²) in [6.45, 7) is -0.594. The van der Waals surface area contributed by atoms with Crippen molar-refractivity contribution in [2.24, 2.45) is 15.0 Å². The summed E-state index contributed by atoms with van der Waals surface area (Å²) >= 11 is 0. The molecule has 6 N–H and O–H groups in total. The molecule has 16 nitrogen and oxygen atoms in total. The standard InChI is InChI=1S/C40H39N5O11/c41-39-43-36-27(37(52)44-39)42-18-45(36)25-10-4-3-7-20(25)19-11-15-54-40(12-5-6-13-40)35-31(50)30(49)32(51)38(56-35)55-33-23(19)17-24-26(34(33)53-16-14-46)29(48)22-9-2-1-8-21(22)28(24)47/h1-4,7-10,17,19,30-32,35,38,46,49-51H,5-6,11-16,18H2,(H2,41,44,52). The minimum atomic E-state index is -1.77. The molecule has 56 heavy (non-hydrogen) atoms. The summed E-state index contributed by atoms with van der Waals surface area (Å²) in [7, 11) is 0. The molecule has 6 aliphatic rings. The highest BCUT2D eigenvalue weighted by molar-refractivity contribution is 6.66. The van der Waals surface area contributed by atoms with Crippen LogP contribution in [0, 0.1) is 5.41 Å². The Hall–Kier alpha value is -5.20. The second-order valence-electron chi connectivity index (χ2n) is 14.7. The largest absolute Gasteiger partial charge is 0.857 e. The highest BCUT2D eigenvalue weighted by Gasteiger charge is 2.56. The summed E-state index contributed by atoms with van der Waals surface area (Å²) in [5.41, 5.74) is 0.929. The Morgan fingerprint density at radius 2 is 1.66 bits per heavy atom. The van der Waals surface area contributed by atoms with E-state index in [0.717, 1.165) is 12.8 Å². The summed E-state index contributed by atoms with van der Waals surface area (Å²) < 4.78 is 25.9. The first-order valence-electron chi connectivity index (χ1n) is 18.7. The van der Waals surface area contributed by atoms with Crippen LogP contribution in [0.4, 0.5) is 5.69 Å². The van der Waals surface area contributed by atoms with Crippen molar-refractivity contribution in [1.82, 2.24) is 0 Å². The van der Waals surface area contributed by atoms with Gasteiger partial charge in [-0.3, -0.25) is 15.0 Å². The first-order chi connectivity index (χ1) is 27.1. The van der Waals surface area contributed by atoms with Crippen LogP contribution in [0.1, 0.15) is 81.0 Å². The fourth-order valence-corrected chi connectivity index (χ4v) is 9.04. The number of benzene rings is 3. The van der Waals surface area contributed by atoms with Crippen molar-refractivity contribution >= 4 is 40.7 Å². The van der Waals surface area contributed by atoms with Crippen LogP contribution in [0.3, 0.4) is 0 Å². The molecule has 16 heteroatoms. The predicted molar refractivity (Wildman–Crippen MR) is 195 cm³/mol. The van der Waals surface area contributed by atoms with Crippen molar-refractivity contribution in [3.8, 4) is 11.5 Å². The van der Waals surface area contributed by atoms with E-state index < -0.39 is 72.3 Å². The van der Waals surface area contributed by atoms with Gasteiger partial charge in [-0.15, -0.1) is 0 Å². The molecule has 0 radical (unpaired) electrons. The Balaban J connectivity index is 1.28. The van der Waals surface area contributed by atoms with E-state index in [4.69, 9.17) is 24.4 Å². The lowest BCUT2D eigenvalue weighted by atomic mass is 9.79. The molecule has 290 valence electrons. The van der Waals surface area contributed by atoms with Crippen molar-refractivity contribution in [3.05, 3.63) is 88.0 Å². The van der Waals surface area contributed by atoms with Gasteiger partial charge in [-0.05, 0) is 31.4 Å². The van der Waals surface area contributed by atoms with Gasteiger partial charge < -0.3 is 44.5 Å². The number of hydrogen-bond donors (Lipinski definition) is 6. The normalized spacial score (nSPS) is 29.2. The third-order valence-corrected chi connectivity index (χ3v) is 11.6. The molecule has 4 aliphatic heterocycles. The molecule has 3 aromatic carbocycles. The van der Waals surface area contributed by atoms with Crippen molar-refractivity contribution in [2.45, 2.75) is 74.3 Å². The van der Waals surface area contributed by atoms with Crippen molar-refractivity contribution in [1.29, 1.82) is 5.41 Å². The molecule has 9 rings (SSSR count). The Morgan fingerprint density at radius 3 is 2.43 bits per heavy atom. The van der Waals surface area contributed by atoms with Crippen LogP contribution in [0.25, 0.3) is 0 Å². The summed E-state index contributed by atoms with van der Waals surface area (Å²) in [4.78, 5) is 41.7. The summed E-state index contributed by atoms with van der Waals surface area (Å²) in [6.07, 6.45) is -4.94. The zero-order valence-electron chi connectivity index (χ0n) is 30.0. The number of fused-ring (bicyclic) bond motifs is 7. The Morgan fingerprint density at radius 1 is 0.929 bits per heavy atom. The maximum absolute atomic E-state index is 14.4. The van der Waals surface area contributed by atoms with Gasteiger partial charge in [-0.1, -0.05) is 55.3 Å². The average molecular weight is 766 g/mol. The van der Waals surface area contributed by atoms with Gasteiger partial charge in [0.05, 0.1) is 17.8 Å². The molecule has 4 heterocycles. The number of rotatable bonds is 5. The fourth-order valence-electron chi connectivity index (χ4n) is 9.04. The molecule has 0 aromatic heterocycles. The zero-order valence-corrected chi connectivity index (χ0v) is 30.0. The number of para-hydroxylation sites is 1. The molecule has 1 spiro atoms.